The molecule has 2 aliphatic carbocycles. The molecule has 6 heteroatoms. The van der Waals surface area contributed by atoms with Crippen LogP contribution in [0.4, 0.5) is 0 Å². The van der Waals surface area contributed by atoms with E-state index in [4.69, 9.17) is 0 Å². The molecule has 0 aliphatic heterocycles. The summed E-state index contributed by atoms with van der Waals surface area (Å²) in [5.41, 5.74) is 1.83. The number of hydrogen-bond acceptors (Lipinski definition) is 3. The average molecular weight is 289 g/mol. The van der Waals surface area contributed by atoms with Crippen molar-refractivity contribution in [2.24, 2.45) is 30.7 Å². The summed E-state index contributed by atoms with van der Waals surface area (Å²) in [7, 11) is 1.83. The van der Waals surface area contributed by atoms with Crippen LogP contribution in [0.25, 0.3) is 0 Å². The van der Waals surface area contributed by atoms with E-state index in [0.29, 0.717) is 6.54 Å². The third kappa shape index (κ3) is 2.34. The van der Waals surface area contributed by atoms with Crippen LogP contribution in [0.2, 0.25) is 0 Å². The number of nitrogens with zero attached hydrogens (tertiary/aromatic N) is 2. The molecular formula is C15H19N3O3. The molecule has 0 aromatic carbocycles. The zero-order valence-electron chi connectivity index (χ0n) is 12.1. The number of fused-ring (bicyclic) bond motifs is 2. The van der Waals surface area contributed by atoms with Gasteiger partial charge >= 0.3 is 5.97 Å². The maximum absolute atomic E-state index is 12.4. The number of carbonyl (C=O) groups is 2. The predicted molar refractivity (Wildman–Crippen MR) is 75.1 cm³/mol. The molecule has 112 valence electrons. The molecule has 0 spiro atoms. The van der Waals surface area contributed by atoms with E-state index in [9.17, 15) is 14.7 Å². The smallest absolute Gasteiger partial charge is 0.307 e. The van der Waals surface area contributed by atoms with E-state index in [0.717, 1.165) is 17.7 Å². The Balaban J connectivity index is 1.69. The van der Waals surface area contributed by atoms with Gasteiger partial charge in [-0.25, -0.2) is 0 Å². The lowest BCUT2D eigenvalue weighted by molar-refractivity contribution is -0.147. The molecule has 1 fully saturated rings. The Morgan fingerprint density at radius 1 is 1.38 bits per heavy atom. The maximum atomic E-state index is 12.4. The molecule has 0 radical (unpaired) electrons. The van der Waals surface area contributed by atoms with Crippen LogP contribution in [0.1, 0.15) is 17.7 Å². The highest BCUT2D eigenvalue weighted by Gasteiger charge is 2.51. The highest BCUT2D eigenvalue weighted by molar-refractivity contribution is 5.86. The molecule has 1 amide bonds. The molecule has 6 nitrogen and oxygen atoms in total. The van der Waals surface area contributed by atoms with Gasteiger partial charge < -0.3 is 10.4 Å². The van der Waals surface area contributed by atoms with Crippen LogP contribution < -0.4 is 5.32 Å². The number of allylic oxidation sites excluding steroid dienone is 2. The lowest BCUT2D eigenvalue weighted by Gasteiger charge is -2.23. The Kier molecular flexibility index (Phi) is 3.31. The van der Waals surface area contributed by atoms with Gasteiger partial charge in [0, 0.05) is 25.4 Å². The van der Waals surface area contributed by atoms with Gasteiger partial charge in [0.2, 0.25) is 5.91 Å². The molecule has 2 N–H and O–H groups in total. The first kappa shape index (κ1) is 13.9. The minimum Gasteiger partial charge on any atom is -0.481 e. The van der Waals surface area contributed by atoms with Crippen molar-refractivity contribution in [1.29, 1.82) is 0 Å². The van der Waals surface area contributed by atoms with E-state index in [1.165, 1.54) is 0 Å². The summed E-state index contributed by atoms with van der Waals surface area (Å²) in [4.78, 5) is 23.8. The van der Waals surface area contributed by atoms with E-state index in [1.807, 2.05) is 32.3 Å². The summed E-state index contributed by atoms with van der Waals surface area (Å²) in [5, 5.41) is 16.5. The van der Waals surface area contributed by atoms with Crippen molar-refractivity contribution in [3.63, 3.8) is 0 Å². The minimum atomic E-state index is -0.871. The van der Waals surface area contributed by atoms with E-state index in [-0.39, 0.29) is 17.7 Å². The number of hydrogen-bond donors (Lipinski definition) is 2. The zero-order chi connectivity index (χ0) is 15.1. The van der Waals surface area contributed by atoms with Crippen LogP contribution in [0, 0.1) is 30.6 Å². The second-order valence-corrected chi connectivity index (χ2v) is 5.97. The molecule has 1 saturated carbocycles. The van der Waals surface area contributed by atoms with Gasteiger partial charge in [-0.1, -0.05) is 12.2 Å². The summed E-state index contributed by atoms with van der Waals surface area (Å²) in [6, 6.07) is 0. The monoisotopic (exact) mass is 289 g/mol. The van der Waals surface area contributed by atoms with Crippen LogP contribution in [-0.2, 0) is 23.2 Å². The molecule has 4 atom stereocenters. The van der Waals surface area contributed by atoms with Gasteiger partial charge in [0.25, 0.3) is 0 Å². The van der Waals surface area contributed by atoms with Crippen molar-refractivity contribution in [3.8, 4) is 0 Å². The predicted octanol–water partition coefficient (Wildman–Crippen LogP) is 0.868. The van der Waals surface area contributed by atoms with Crippen LogP contribution in [0.5, 0.6) is 0 Å². The topological polar surface area (TPSA) is 84.2 Å². The molecule has 2 aliphatic rings. The quantitative estimate of drug-likeness (QED) is 0.805. The number of nitrogens with one attached hydrogen (secondary N) is 1. The summed E-state index contributed by atoms with van der Waals surface area (Å²) in [6.07, 6.45) is 6.58. The van der Waals surface area contributed by atoms with Crippen LogP contribution in [-0.4, -0.2) is 26.8 Å². The van der Waals surface area contributed by atoms with E-state index >= 15 is 0 Å². The van der Waals surface area contributed by atoms with Gasteiger partial charge in [-0.3, -0.25) is 14.3 Å². The summed E-state index contributed by atoms with van der Waals surface area (Å²) >= 11 is 0. The minimum absolute atomic E-state index is 0.00313. The van der Waals surface area contributed by atoms with Crippen molar-refractivity contribution < 1.29 is 14.7 Å². The Bertz CT molecular complexity index is 620. The Hall–Kier alpha value is -2.11. The summed E-state index contributed by atoms with van der Waals surface area (Å²) < 4.78 is 1.71. The first-order valence-corrected chi connectivity index (χ1v) is 7.15. The standard InChI is InChI=1S/C15H19N3O3/c1-8-11(7-18(2)17-8)6-16-14(19)12-9-3-4-10(5-9)13(12)15(20)21/h3-4,7,9-10,12-13H,5-6H2,1-2H3,(H,16,19)(H,20,21). The first-order valence-electron chi connectivity index (χ1n) is 7.15. The van der Waals surface area contributed by atoms with E-state index in [1.54, 1.807) is 4.68 Å². The van der Waals surface area contributed by atoms with E-state index < -0.39 is 17.8 Å². The number of aliphatic carboxylic acids is 1. The maximum Gasteiger partial charge on any atom is 0.307 e. The zero-order valence-corrected chi connectivity index (χ0v) is 12.1. The highest BCUT2D eigenvalue weighted by atomic mass is 16.4. The molecule has 21 heavy (non-hydrogen) atoms. The fraction of sp³-hybridized carbons (Fsp3) is 0.533. The fourth-order valence-corrected chi connectivity index (χ4v) is 3.64. The van der Waals surface area contributed by atoms with Gasteiger partial charge in [0.15, 0.2) is 0 Å². The lowest BCUT2D eigenvalue weighted by atomic mass is 9.82. The number of carboxylic acid groups (broad SMARTS) is 1. The second kappa shape index (κ2) is 5.02. The molecule has 1 heterocycles. The molecule has 3 rings (SSSR count). The van der Waals surface area contributed by atoms with Gasteiger partial charge in [-0.15, -0.1) is 0 Å². The van der Waals surface area contributed by atoms with Crippen LogP contribution in [0.15, 0.2) is 18.3 Å². The Labute approximate surface area is 122 Å². The molecule has 0 saturated heterocycles. The Morgan fingerprint density at radius 3 is 2.62 bits per heavy atom. The molecule has 4 unspecified atom stereocenters. The van der Waals surface area contributed by atoms with Crippen molar-refractivity contribution in [3.05, 3.63) is 29.6 Å². The molecule has 1 aromatic heterocycles. The second-order valence-electron chi connectivity index (χ2n) is 5.97. The number of aryl methyl sites for hydroxylation is 2. The summed E-state index contributed by atoms with van der Waals surface area (Å²) in [5.74, 6) is -2.01. The van der Waals surface area contributed by atoms with Crippen molar-refractivity contribution in [2.45, 2.75) is 19.9 Å². The van der Waals surface area contributed by atoms with Gasteiger partial charge in [-0.05, 0) is 25.2 Å². The third-order valence-electron chi connectivity index (χ3n) is 4.62. The average Bonchev–Trinajstić information content (AvgIpc) is 3.09. The number of amides is 1. The van der Waals surface area contributed by atoms with Crippen LogP contribution >= 0.6 is 0 Å². The number of aromatic nitrogens is 2. The first-order chi connectivity index (χ1) is 9.97. The fourth-order valence-electron chi connectivity index (χ4n) is 3.64. The summed E-state index contributed by atoms with van der Waals surface area (Å²) in [6.45, 7) is 2.28. The number of rotatable bonds is 4. The highest BCUT2D eigenvalue weighted by Crippen LogP contribution is 2.48. The molecule has 1 aromatic rings. The van der Waals surface area contributed by atoms with Crippen molar-refractivity contribution in [2.75, 3.05) is 0 Å². The Morgan fingerprint density at radius 2 is 2.05 bits per heavy atom. The molecular weight excluding hydrogens is 270 g/mol. The van der Waals surface area contributed by atoms with Crippen molar-refractivity contribution in [1.82, 2.24) is 15.1 Å². The van der Waals surface area contributed by atoms with Gasteiger partial charge in [0.1, 0.15) is 0 Å². The van der Waals surface area contributed by atoms with Crippen molar-refractivity contribution >= 4 is 11.9 Å². The van der Waals surface area contributed by atoms with Gasteiger partial charge in [-0.2, -0.15) is 5.10 Å². The third-order valence-corrected chi connectivity index (χ3v) is 4.62. The number of carbonyl (C=O) groups excluding carboxylic acids is 1. The largest absolute Gasteiger partial charge is 0.481 e. The number of carboxylic acids is 1. The van der Waals surface area contributed by atoms with Crippen LogP contribution in [0.3, 0.4) is 0 Å². The van der Waals surface area contributed by atoms with E-state index in [2.05, 4.69) is 10.4 Å². The van der Waals surface area contributed by atoms with Gasteiger partial charge in [0.05, 0.1) is 17.5 Å². The SMILES string of the molecule is Cc1nn(C)cc1CNC(=O)C1C2C=CC(C2)C1C(=O)O. The molecule has 2 bridgehead atoms. The lowest BCUT2D eigenvalue weighted by Crippen LogP contribution is -2.39. The normalized spacial score (nSPS) is 29.8.